The van der Waals surface area contributed by atoms with Gasteiger partial charge < -0.3 is 5.32 Å². The molecule has 0 amide bonds. The van der Waals surface area contributed by atoms with E-state index in [1.54, 1.807) is 36.5 Å². The second-order valence-electron chi connectivity index (χ2n) is 9.29. The predicted octanol–water partition coefficient (Wildman–Crippen LogP) is 5.15. The molecule has 0 spiro atoms. The summed E-state index contributed by atoms with van der Waals surface area (Å²) in [5.74, 6) is 0.732. The van der Waals surface area contributed by atoms with Crippen molar-refractivity contribution in [3.05, 3.63) is 85.2 Å². The van der Waals surface area contributed by atoms with Gasteiger partial charge >= 0.3 is 0 Å². The van der Waals surface area contributed by atoms with Crippen LogP contribution in [0.3, 0.4) is 0 Å². The minimum Gasteiger partial charge on any atom is -0.370 e. The van der Waals surface area contributed by atoms with E-state index >= 15 is 0 Å². The summed E-state index contributed by atoms with van der Waals surface area (Å²) in [6.45, 7) is 7.30. The second-order valence-corrected chi connectivity index (χ2v) is 11.1. The summed E-state index contributed by atoms with van der Waals surface area (Å²) in [5.41, 5.74) is 3.88. The quantitative estimate of drug-likeness (QED) is 0.318. The monoisotopic (exact) mass is 489 g/mol. The highest BCUT2D eigenvalue weighted by molar-refractivity contribution is 7.89. The normalized spacial score (nSPS) is 12.0. The van der Waals surface area contributed by atoms with Gasteiger partial charge in [-0.2, -0.15) is 5.10 Å². The maximum absolute atomic E-state index is 12.3. The van der Waals surface area contributed by atoms with Crippen molar-refractivity contribution in [1.29, 1.82) is 0 Å². The average Bonchev–Trinajstić information content (AvgIpc) is 3.32. The molecule has 2 N–H and O–H groups in total. The molecule has 2 heterocycles. The Kier molecular flexibility index (Phi) is 7.33. The summed E-state index contributed by atoms with van der Waals surface area (Å²) in [5, 5.41) is 8.21. The first kappa shape index (κ1) is 24.6. The fourth-order valence-corrected chi connectivity index (χ4v) is 4.72. The number of benzene rings is 2. The van der Waals surface area contributed by atoms with Gasteiger partial charge in [-0.3, -0.25) is 4.68 Å². The Morgan fingerprint density at radius 2 is 1.57 bits per heavy atom. The Morgan fingerprint density at radius 3 is 2.26 bits per heavy atom. The molecule has 2 aromatic carbocycles. The summed E-state index contributed by atoms with van der Waals surface area (Å²) in [6, 6.07) is 22.5. The van der Waals surface area contributed by atoms with Gasteiger partial charge in [0.25, 0.3) is 0 Å². The van der Waals surface area contributed by atoms with E-state index in [9.17, 15) is 8.42 Å². The van der Waals surface area contributed by atoms with Crippen molar-refractivity contribution < 1.29 is 8.42 Å². The number of sulfonamides is 1. The van der Waals surface area contributed by atoms with Gasteiger partial charge in [-0.05, 0) is 57.0 Å². The van der Waals surface area contributed by atoms with Crippen LogP contribution in [-0.4, -0.2) is 36.3 Å². The molecule has 0 aliphatic carbocycles. The van der Waals surface area contributed by atoms with Gasteiger partial charge in [0.15, 0.2) is 0 Å². The molecule has 0 aliphatic heterocycles. The Labute approximate surface area is 207 Å². The zero-order valence-corrected chi connectivity index (χ0v) is 21.1. The molecule has 4 aromatic rings. The van der Waals surface area contributed by atoms with Crippen molar-refractivity contribution in [3.8, 4) is 22.4 Å². The van der Waals surface area contributed by atoms with Crippen LogP contribution >= 0.6 is 0 Å². The molecule has 0 unspecified atom stereocenters. The van der Waals surface area contributed by atoms with Crippen molar-refractivity contribution in [2.75, 3.05) is 18.4 Å². The molecule has 0 fully saturated rings. The van der Waals surface area contributed by atoms with E-state index in [1.165, 1.54) is 0 Å². The van der Waals surface area contributed by atoms with E-state index in [2.05, 4.69) is 54.1 Å². The molecule has 4 rings (SSSR count). The van der Waals surface area contributed by atoms with Gasteiger partial charge in [-0.15, -0.1) is 0 Å². The molecule has 182 valence electrons. The number of nitrogens with zero attached hydrogens (tertiary/aromatic N) is 3. The highest BCUT2D eigenvalue weighted by Gasteiger charge is 2.20. The van der Waals surface area contributed by atoms with Gasteiger partial charge in [0, 0.05) is 36.6 Å². The zero-order chi connectivity index (χ0) is 24.9. The lowest BCUT2D eigenvalue weighted by Gasteiger charge is -2.18. The molecule has 0 aliphatic rings. The van der Waals surface area contributed by atoms with Crippen LogP contribution in [0.25, 0.3) is 22.4 Å². The van der Waals surface area contributed by atoms with Gasteiger partial charge in [-0.25, -0.2) is 18.1 Å². The number of hydrogen-bond donors (Lipinski definition) is 2. The van der Waals surface area contributed by atoms with Crippen molar-refractivity contribution >= 4 is 15.8 Å². The molecule has 2 aromatic heterocycles. The predicted molar refractivity (Wildman–Crippen MR) is 141 cm³/mol. The maximum atomic E-state index is 12.3. The first-order valence-electron chi connectivity index (χ1n) is 11.6. The van der Waals surface area contributed by atoms with Gasteiger partial charge in [-0.1, -0.05) is 48.5 Å². The lowest BCUT2D eigenvalue weighted by atomic mass is 10.0. The highest BCUT2D eigenvalue weighted by Crippen LogP contribution is 2.33. The average molecular weight is 490 g/mol. The summed E-state index contributed by atoms with van der Waals surface area (Å²) >= 11 is 0. The fourth-order valence-electron chi connectivity index (χ4n) is 3.63. The largest absolute Gasteiger partial charge is 0.370 e. The lowest BCUT2D eigenvalue weighted by molar-refractivity contribution is 0.356. The van der Waals surface area contributed by atoms with E-state index in [-0.39, 0.29) is 10.4 Å². The maximum Gasteiger partial charge on any atom is 0.240 e. The first-order valence-corrected chi connectivity index (χ1v) is 13.1. The van der Waals surface area contributed by atoms with Crippen molar-refractivity contribution in [2.45, 2.75) is 37.6 Å². The number of aromatic nitrogens is 3. The van der Waals surface area contributed by atoms with Crippen LogP contribution in [-0.2, 0) is 15.6 Å². The number of pyridine rings is 1. The molecule has 0 saturated carbocycles. The zero-order valence-electron chi connectivity index (χ0n) is 20.3. The van der Waals surface area contributed by atoms with E-state index in [0.29, 0.717) is 19.5 Å². The molecule has 35 heavy (non-hydrogen) atoms. The van der Waals surface area contributed by atoms with Crippen LogP contribution in [0.15, 0.2) is 90.1 Å². The molecule has 0 atom stereocenters. The molecule has 0 saturated heterocycles. The van der Waals surface area contributed by atoms with Gasteiger partial charge in [0.1, 0.15) is 11.5 Å². The Hall–Kier alpha value is -3.49. The van der Waals surface area contributed by atoms with E-state index in [0.717, 1.165) is 28.2 Å². The van der Waals surface area contributed by atoms with Crippen LogP contribution in [0.4, 0.5) is 5.82 Å². The third-order valence-electron chi connectivity index (χ3n) is 5.52. The molecule has 8 heteroatoms. The van der Waals surface area contributed by atoms with Crippen LogP contribution in [0.5, 0.6) is 0 Å². The van der Waals surface area contributed by atoms with Gasteiger partial charge in [0.05, 0.1) is 10.4 Å². The molecule has 7 nitrogen and oxygen atoms in total. The number of anilines is 1. The Bertz CT molecular complexity index is 1360. The first-order chi connectivity index (χ1) is 16.7. The molecule has 0 radical (unpaired) electrons. The second kappa shape index (κ2) is 10.4. The summed E-state index contributed by atoms with van der Waals surface area (Å²) < 4.78 is 29.3. The third kappa shape index (κ3) is 6.15. The minimum atomic E-state index is -3.49. The lowest BCUT2D eigenvalue weighted by Crippen LogP contribution is -2.26. The number of hydrogen-bond acceptors (Lipinski definition) is 5. The van der Waals surface area contributed by atoms with Crippen LogP contribution in [0.2, 0.25) is 0 Å². The smallest absolute Gasteiger partial charge is 0.240 e. The Morgan fingerprint density at radius 1 is 0.886 bits per heavy atom. The van der Waals surface area contributed by atoms with E-state index in [4.69, 9.17) is 5.10 Å². The summed E-state index contributed by atoms with van der Waals surface area (Å²) in [4.78, 5) is 4.71. The molecular weight excluding hydrogens is 458 g/mol. The standard InChI is InChI=1S/C27H31N5O2S/c1-27(2,3)32-20-24(26(31-32)21-11-6-4-7-12-21)22-15-18-29-25(19-22)28-16-10-17-30-35(33,34)23-13-8-5-9-14-23/h4-9,11-15,18-20,30H,10,16-17H2,1-3H3,(H,28,29). The van der Waals surface area contributed by atoms with Gasteiger partial charge in [0.2, 0.25) is 10.0 Å². The fraction of sp³-hybridized carbons (Fsp3) is 0.259. The summed E-state index contributed by atoms with van der Waals surface area (Å²) in [6.07, 6.45) is 4.48. The number of nitrogens with one attached hydrogen (secondary N) is 2. The number of rotatable bonds is 9. The van der Waals surface area contributed by atoms with E-state index < -0.39 is 10.0 Å². The van der Waals surface area contributed by atoms with E-state index in [1.807, 2.05) is 35.0 Å². The SMILES string of the molecule is CC(C)(C)n1cc(-c2ccnc(NCCCNS(=O)(=O)c3ccccc3)c2)c(-c2ccccc2)n1. The third-order valence-corrected chi connectivity index (χ3v) is 7.00. The highest BCUT2D eigenvalue weighted by atomic mass is 32.2. The van der Waals surface area contributed by atoms with Crippen LogP contribution in [0, 0.1) is 0 Å². The molecular formula is C27H31N5O2S. The molecule has 0 bridgehead atoms. The van der Waals surface area contributed by atoms with Crippen molar-refractivity contribution in [1.82, 2.24) is 19.5 Å². The summed E-state index contributed by atoms with van der Waals surface area (Å²) in [7, 11) is -3.49. The van der Waals surface area contributed by atoms with Crippen molar-refractivity contribution in [2.24, 2.45) is 0 Å². The van der Waals surface area contributed by atoms with Crippen molar-refractivity contribution in [3.63, 3.8) is 0 Å². The topological polar surface area (TPSA) is 88.9 Å². The Balaban J connectivity index is 1.44. The minimum absolute atomic E-state index is 0.150. The van der Waals surface area contributed by atoms with Crippen LogP contribution in [0.1, 0.15) is 27.2 Å². The van der Waals surface area contributed by atoms with Crippen LogP contribution < -0.4 is 10.0 Å².